The summed E-state index contributed by atoms with van der Waals surface area (Å²) in [5.74, 6) is -0.797. The van der Waals surface area contributed by atoms with Crippen molar-refractivity contribution in [2.75, 3.05) is 19.6 Å². The number of hydrogen-bond acceptors (Lipinski definition) is 3. The number of carbonyl (C=O) groups excluding carboxylic acids is 1. The van der Waals surface area contributed by atoms with Gasteiger partial charge in [-0.3, -0.25) is 9.69 Å². The average molecular weight is 371 g/mol. The van der Waals surface area contributed by atoms with Crippen molar-refractivity contribution in [1.29, 1.82) is 0 Å². The normalized spacial score (nSPS) is 25.0. The van der Waals surface area contributed by atoms with Crippen LogP contribution in [0.4, 0.5) is 4.79 Å². The molecule has 1 aromatic rings. The quantitative estimate of drug-likeness (QED) is 0.773. The third-order valence-electron chi connectivity index (χ3n) is 5.57. The van der Waals surface area contributed by atoms with Gasteiger partial charge in [-0.05, 0) is 37.8 Å². The number of aliphatic carboxylic acids is 1. The van der Waals surface area contributed by atoms with Gasteiger partial charge < -0.3 is 15.3 Å². The van der Waals surface area contributed by atoms with E-state index in [2.05, 4.69) is 29.6 Å². The lowest BCUT2D eigenvalue weighted by molar-refractivity contribution is -0.139. The number of hydrogen-bond donors (Lipinski definition) is 2. The van der Waals surface area contributed by atoms with Gasteiger partial charge >= 0.3 is 12.0 Å². The van der Waals surface area contributed by atoms with Crippen molar-refractivity contribution in [3.05, 3.63) is 42.0 Å². The molecule has 3 rings (SSSR count). The first-order valence-corrected chi connectivity index (χ1v) is 9.83. The molecule has 1 unspecified atom stereocenters. The van der Waals surface area contributed by atoms with Crippen LogP contribution in [0.15, 0.2) is 36.4 Å². The first kappa shape index (κ1) is 19.4. The van der Waals surface area contributed by atoms with Gasteiger partial charge in [0.2, 0.25) is 0 Å². The Morgan fingerprint density at radius 2 is 2.04 bits per heavy atom. The zero-order chi connectivity index (χ0) is 19.2. The molecule has 1 aliphatic carbocycles. The van der Waals surface area contributed by atoms with Crippen LogP contribution >= 0.6 is 0 Å². The van der Waals surface area contributed by atoms with Gasteiger partial charge in [-0.15, -0.1) is 0 Å². The van der Waals surface area contributed by atoms with E-state index >= 15 is 0 Å². The highest BCUT2D eigenvalue weighted by molar-refractivity contribution is 5.76. The Bertz CT molecular complexity index is 671. The summed E-state index contributed by atoms with van der Waals surface area (Å²) >= 11 is 0. The molecule has 0 bridgehead atoms. The number of carboxylic acids is 1. The first-order chi connectivity index (χ1) is 13.1. The fraction of sp³-hybridized carbons (Fsp3) is 0.524. The average Bonchev–Trinajstić information content (AvgIpc) is 3.10. The lowest BCUT2D eigenvalue weighted by atomic mass is 9.85. The third-order valence-corrected chi connectivity index (χ3v) is 5.57. The molecule has 6 nitrogen and oxygen atoms in total. The lowest BCUT2D eigenvalue weighted by Crippen LogP contribution is -2.57. The number of nitrogens with zero attached hydrogens (tertiary/aromatic N) is 2. The number of amides is 2. The second-order valence-electron chi connectivity index (χ2n) is 7.40. The minimum absolute atomic E-state index is 0.0000512. The maximum Gasteiger partial charge on any atom is 0.318 e. The van der Waals surface area contributed by atoms with E-state index in [4.69, 9.17) is 5.11 Å². The molecule has 1 saturated heterocycles. The zero-order valence-corrected chi connectivity index (χ0v) is 15.9. The van der Waals surface area contributed by atoms with Gasteiger partial charge in [-0.25, -0.2) is 4.79 Å². The van der Waals surface area contributed by atoms with E-state index in [1.54, 1.807) is 0 Å². The number of carbonyl (C=O) groups is 2. The maximum atomic E-state index is 12.7. The van der Waals surface area contributed by atoms with Crippen molar-refractivity contribution in [2.24, 2.45) is 0 Å². The molecule has 2 fully saturated rings. The van der Waals surface area contributed by atoms with Gasteiger partial charge in [-0.1, -0.05) is 49.4 Å². The van der Waals surface area contributed by atoms with Crippen molar-refractivity contribution in [3.63, 3.8) is 0 Å². The number of likely N-dealkylation sites (N-methyl/N-ethyl adjacent to an activating group) is 1. The third kappa shape index (κ3) is 5.10. The standard InChI is InChI=1S/C21H29N3O3/c1-2-23(15-20(25)26)19-13-17(14-19)22-21(27)24-12-6-9-18(24)11-10-16-7-4-3-5-8-16/h3-5,7-8,10-11,17-19H,2,6,9,12-15H2,1H3,(H,22,27)(H,25,26)/b11-10+. The summed E-state index contributed by atoms with van der Waals surface area (Å²) in [6.45, 7) is 3.55. The zero-order valence-electron chi connectivity index (χ0n) is 15.9. The molecule has 1 aromatic carbocycles. The molecule has 1 aliphatic heterocycles. The van der Waals surface area contributed by atoms with Crippen molar-refractivity contribution in [1.82, 2.24) is 15.1 Å². The van der Waals surface area contributed by atoms with Crippen molar-refractivity contribution in [3.8, 4) is 0 Å². The largest absolute Gasteiger partial charge is 0.480 e. The van der Waals surface area contributed by atoms with Crippen LogP contribution in [0.3, 0.4) is 0 Å². The molecule has 0 spiro atoms. The Hall–Kier alpha value is -2.34. The molecule has 2 N–H and O–H groups in total. The molecule has 1 saturated carbocycles. The molecular formula is C21H29N3O3. The number of rotatable bonds is 7. The minimum atomic E-state index is -0.797. The van der Waals surface area contributed by atoms with Crippen molar-refractivity contribution < 1.29 is 14.7 Å². The van der Waals surface area contributed by atoms with E-state index in [1.165, 1.54) is 0 Å². The highest BCUT2D eigenvalue weighted by Gasteiger charge is 2.36. The second-order valence-corrected chi connectivity index (χ2v) is 7.40. The summed E-state index contributed by atoms with van der Waals surface area (Å²) in [6, 6.07) is 10.7. The van der Waals surface area contributed by atoms with Crippen LogP contribution < -0.4 is 5.32 Å². The summed E-state index contributed by atoms with van der Waals surface area (Å²) in [5, 5.41) is 12.1. The van der Waals surface area contributed by atoms with E-state index in [0.717, 1.165) is 44.3 Å². The van der Waals surface area contributed by atoms with E-state index in [9.17, 15) is 9.59 Å². The number of likely N-dealkylation sites (tertiary alicyclic amines) is 1. The molecule has 27 heavy (non-hydrogen) atoms. The molecule has 6 heteroatoms. The van der Waals surface area contributed by atoms with Gasteiger partial charge in [0.05, 0.1) is 12.6 Å². The van der Waals surface area contributed by atoms with Crippen LogP contribution in [0.2, 0.25) is 0 Å². The van der Waals surface area contributed by atoms with E-state index in [1.807, 2.05) is 34.9 Å². The second kappa shape index (κ2) is 9.04. The predicted molar refractivity (Wildman–Crippen MR) is 105 cm³/mol. The summed E-state index contributed by atoms with van der Waals surface area (Å²) in [4.78, 5) is 27.5. The Labute approximate surface area is 160 Å². The Morgan fingerprint density at radius 1 is 1.30 bits per heavy atom. The van der Waals surface area contributed by atoms with Gasteiger partial charge in [0, 0.05) is 18.6 Å². The van der Waals surface area contributed by atoms with Gasteiger partial charge in [-0.2, -0.15) is 0 Å². The van der Waals surface area contributed by atoms with Gasteiger partial charge in [0.25, 0.3) is 0 Å². The molecule has 1 heterocycles. The number of nitrogens with one attached hydrogen (secondary N) is 1. The molecule has 146 valence electrons. The predicted octanol–water partition coefficient (Wildman–Crippen LogP) is 2.81. The summed E-state index contributed by atoms with van der Waals surface area (Å²) in [5.41, 5.74) is 1.14. The van der Waals surface area contributed by atoms with Gasteiger partial charge in [0.15, 0.2) is 0 Å². The van der Waals surface area contributed by atoms with E-state index in [0.29, 0.717) is 0 Å². The fourth-order valence-electron chi connectivity index (χ4n) is 3.97. The maximum absolute atomic E-state index is 12.7. The Kier molecular flexibility index (Phi) is 6.50. The number of benzene rings is 1. The Morgan fingerprint density at radius 3 is 2.70 bits per heavy atom. The van der Waals surface area contributed by atoms with Crippen LogP contribution in [0, 0.1) is 0 Å². The molecule has 1 atom stereocenters. The fourth-order valence-corrected chi connectivity index (χ4v) is 3.97. The monoisotopic (exact) mass is 371 g/mol. The molecule has 0 radical (unpaired) electrons. The molecule has 2 amide bonds. The van der Waals surface area contributed by atoms with Crippen LogP contribution in [-0.2, 0) is 4.79 Å². The molecular weight excluding hydrogens is 342 g/mol. The summed E-state index contributed by atoms with van der Waals surface area (Å²) in [6.07, 6.45) is 7.87. The first-order valence-electron chi connectivity index (χ1n) is 9.83. The summed E-state index contributed by atoms with van der Waals surface area (Å²) < 4.78 is 0. The molecule has 2 aliphatic rings. The van der Waals surface area contributed by atoms with E-state index in [-0.39, 0.29) is 30.7 Å². The number of urea groups is 1. The van der Waals surface area contributed by atoms with Crippen LogP contribution in [0.5, 0.6) is 0 Å². The van der Waals surface area contributed by atoms with Crippen molar-refractivity contribution in [2.45, 2.75) is 50.7 Å². The highest BCUT2D eigenvalue weighted by atomic mass is 16.4. The molecule has 0 aromatic heterocycles. The lowest BCUT2D eigenvalue weighted by Gasteiger charge is -2.42. The minimum Gasteiger partial charge on any atom is -0.480 e. The van der Waals surface area contributed by atoms with Crippen LogP contribution in [0.25, 0.3) is 6.08 Å². The number of carboxylic acid groups (broad SMARTS) is 1. The highest BCUT2D eigenvalue weighted by Crippen LogP contribution is 2.27. The van der Waals surface area contributed by atoms with Crippen LogP contribution in [0.1, 0.15) is 38.2 Å². The Balaban J connectivity index is 1.48. The van der Waals surface area contributed by atoms with E-state index < -0.39 is 5.97 Å². The topological polar surface area (TPSA) is 72.9 Å². The van der Waals surface area contributed by atoms with Crippen molar-refractivity contribution >= 4 is 18.1 Å². The smallest absolute Gasteiger partial charge is 0.318 e. The van der Waals surface area contributed by atoms with Crippen LogP contribution in [-0.4, -0.2) is 64.7 Å². The summed E-state index contributed by atoms with van der Waals surface area (Å²) in [7, 11) is 0. The van der Waals surface area contributed by atoms with Gasteiger partial charge in [0.1, 0.15) is 0 Å². The SMILES string of the molecule is CCN(CC(=O)O)C1CC(NC(=O)N2CCCC2/C=C/c2ccccc2)C1.